The minimum absolute atomic E-state index is 0.109. The highest BCUT2D eigenvalue weighted by molar-refractivity contribution is 7.91. The van der Waals surface area contributed by atoms with Crippen LogP contribution in [0.4, 0.5) is 0 Å². The molecule has 0 radical (unpaired) electrons. The van der Waals surface area contributed by atoms with Crippen molar-refractivity contribution in [3.63, 3.8) is 0 Å². The Bertz CT molecular complexity index is 670. The van der Waals surface area contributed by atoms with E-state index < -0.39 is 10.0 Å². The summed E-state index contributed by atoms with van der Waals surface area (Å²) in [5, 5.41) is 8.53. The molecule has 1 aromatic heterocycles. The number of nitriles is 1. The van der Waals surface area contributed by atoms with E-state index in [1.807, 2.05) is 6.07 Å². The highest BCUT2D eigenvalue weighted by Crippen LogP contribution is 2.27. The predicted molar refractivity (Wildman–Crippen MR) is 83.9 cm³/mol. The molecule has 2 heterocycles. The van der Waals surface area contributed by atoms with Crippen molar-refractivity contribution >= 4 is 27.3 Å². The van der Waals surface area contributed by atoms with E-state index in [4.69, 9.17) is 5.26 Å². The predicted octanol–water partition coefficient (Wildman–Crippen LogP) is 1.45. The van der Waals surface area contributed by atoms with Crippen molar-refractivity contribution in [1.82, 2.24) is 9.21 Å². The molecule has 6 nitrogen and oxygen atoms in total. The van der Waals surface area contributed by atoms with Crippen LogP contribution in [0.1, 0.15) is 24.1 Å². The maximum atomic E-state index is 12.4. The Morgan fingerprint density at radius 3 is 2.73 bits per heavy atom. The third kappa shape index (κ3) is 3.85. The number of likely N-dealkylation sites (N-methyl/N-ethyl adjacent to an activating group) is 1. The Hall–Kier alpha value is -1.43. The second-order valence-corrected chi connectivity index (χ2v) is 8.57. The van der Waals surface area contributed by atoms with Gasteiger partial charge >= 0.3 is 0 Å². The van der Waals surface area contributed by atoms with Crippen LogP contribution in [0.2, 0.25) is 0 Å². The molecule has 120 valence electrons. The number of amides is 1. The lowest BCUT2D eigenvalue weighted by Gasteiger charge is -2.15. The van der Waals surface area contributed by atoms with Gasteiger partial charge in [-0.1, -0.05) is 0 Å². The average molecular weight is 341 g/mol. The van der Waals surface area contributed by atoms with Gasteiger partial charge in [-0.2, -0.15) is 9.57 Å². The van der Waals surface area contributed by atoms with Crippen LogP contribution in [-0.4, -0.2) is 50.2 Å². The molecule has 8 heteroatoms. The van der Waals surface area contributed by atoms with Crippen LogP contribution >= 0.6 is 11.3 Å². The normalized spacial score (nSPS) is 15.6. The summed E-state index contributed by atoms with van der Waals surface area (Å²) in [5.41, 5.74) is 0. The van der Waals surface area contributed by atoms with Crippen LogP contribution in [0.25, 0.3) is 0 Å². The van der Waals surface area contributed by atoms with Crippen molar-refractivity contribution in [3.05, 3.63) is 17.0 Å². The summed E-state index contributed by atoms with van der Waals surface area (Å²) >= 11 is 1.15. The molecule has 0 saturated carbocycles. The van der Waals surface area contributed by atoms with Crippen LogP contribution in [-0.2, 0) is 21.2 Å². The number of nitrogens with zero attached hydrogens (tertiary/aromatic N) is 3. The maximum Gasteiger partial charge on any atom is 0.252 e. The van der Waals surface area contributed by atoms with E-state index in [9.17, 15) is 13.2 Å². The first-order valence-corrected chi connectivity index (χ1v) is 9.40. The second-order valence-electron chi connectivity index (χ2n) is 5.23. The van der Waals surface area contributed by atoms with Gasteiger partial charge in [0.2, 0.25) is 5.91 Å². The van der Waals surface area contributed by atoms with Gasteiger partial charge < -0.3 is 4.90 Å². The van der Waals surface area contributed by atoms with Gasteiger partial charge in [0, 0.05) is 31.6 Å². The minimum atomic E-state index is -3.40. The smallest absolute Gasteiger partial charge is 0.252 e. The van der Waals surface area contributed by atoms with Gasteiger partial charge in [0.05, 0.1) is 18.9 Å². The number of hydrogen-bond acceptors (Lipinski definition) is 5. The first-order valence-electron chi connectivity index (χ1n) is 7.15. The van der Waals surface area contributed by atoms with E-state index in [-0.39, 0.29) is 12.3 Å². The molecule has 1 aliphatic rings. The van der Waals surface area contributed by atoms with Crippen LogP contribution in [0, 0.1) is 11.3 Å². The molecular weight excluding hydrogens is 322 g/mol. The molecule has 1 aliphatic heterocycles. The molecule has 0 aliphatic carbocycles. The molecule has 1 fully saturated rings. The SMILES string of the molecule is CN(CCC#N)C(=O)Cc1ccc(S(=O)(=O)N2CCCC2)s1. The highest BCUT2D eigenvalue weighted by Gasteiger charge is 2.28. The van der Waals surface area contributed by atoms with Crippen LogP contribution < -0.4 is 0 Å². The van der Waals surface area contributed by atoms with Gasteiger partial charge in [-0.25, -0.2) is 8.42 Å². The highest BCUT2D eigenvalue weighted by atomic mass is 32.2. The van der Waals surface area contributed by atoms with E-state index in [0.29, 0.717) is 30.3 Å². The van der Waals surface area contributed by atoms with Crippen LogP contribution in [0.15, 0.2) is 16.3 Å². The van der Waals surface area contributed by atoms with Crippen molar-refractivity contribution in [2.75, 3.05) is 26.7 Å². The Kier molecular flexibility index (Phi) is 5.56. The molecule has 0 atom stereocenters. The minimum Gasteiger partial charge on any atom is -0.344 e. The first kappa shape index (κ1) is 16.9. The van der Waals surface area contributed by atoms with E-state index in [2.05, 4.69) is 0 Å². The monoisotopic (exact) mass is 341 g/mol. The van der Waals surface area contributed by atoms with Crippen LogP contribution in [0.5, 0.6) is 0 Å². The first-order chi connectivity index (χ1) is 10.4. The van der Waals surface area contributed by atoms with E-state index in [1.54, 1.807) is 19.2 Å². The van der Waals surface area contributed by atoms with Gasteiger partial charge in [0.1, 0.15) is 4.21 Å². The lowest BCUT2D eigenvalue weighted by Crippen LogP contribution is -2.28. The van der Waals surface area contributed by atoms with E-state index >= 15 is 0 Å². The Labute approximate surface area is 135 Å². The zero-order valence-electron chi connectivity index (χ0n) is 12.5. The molecule has 1 saturated heterocycles. The molecule has 0 unspecified atom stereocenters. The van der Waals surface area contributed by atoms with Crippen molar-refractivity contribution < 1.29 is 13.2 Å². The summed E-state index contributed by atoms with van der Waals surface area (Å²) in [7, 11) is -1.76. The zero-order chi connectivity index (χ0) is 16.2. The molecule has 22 heavy (non-hydrogen) atoms. The lowest BCUT2D eigenvalue weighted by molar-refractivity contribution is -0.129. The van der Waals surface area contributed by atoms with Gasteiger partial charge in [-0.15, -0.1) is 11.3 Å². The molecule has 1 amide bonds. The van der Waals surface area contributed by atoms with Crippen molar-refractivity contribution in [2.24, 2.45) is 0 Å². The number of hydrogen-bond donors (Lipinski definition) is 0. The zero-order valence-corrected chi connectivity index (χ0v) is 14.1. The van der Waals surface area contributed by atoms with Crippen molar-refractivity contribution in [1.29, 1.82) is 5.26 Å². The third-order valence-corrected chi connectivity index (χ3v) is 7.06. The lowest BCUT2D eigenvalue weighted by atomic mass is 10.3. The van der Waals surface area contributed by atoms with Gasteiger partial charge in [0.25, 0.3) is 10.0 Å². The quantitative estimate of drug-likeness (QED) is 0.784. The summed E-state index contributed by atoms with van der Waals surface area (Å²) < 4.78 is 26.6. The van der Waals surface area contributed by atoms with Crippen molar-refractivity contribution in [3.8, 4) is 6.07 Å². The molecule has 0 aromatic carbocycles. The summed E-state index contributed by atoms with van der Waals surface area (Å²) in [6.45, 7) is 1.54. The topological polar surface area (TPSA) is 81.5 Å². The molecular formula is C14H19N3O3S2. The number of sulfonamides is 1. The van der Waals surface area contributed by atoms with Crippen molar-refractivity contribution in [2.45, 2.75) is 29.9 Å². The standard InChI is InChI=1S/C14H19N3O3S2/c1-16(8-4-7-15)13(18)11-12-5-6-14(21-12)22(19,20)17-9-2-3-10-17/h5-6H,2-4,8-11H2,1H3. The number of thiophene rings is 1. The number of carbonyl (C=O) groups is 1. The third-order valence-electron chi connectivity index (χ3n) is 3.61. The van der Waals surface area contributed by atoms with Gasteiger partial charge in [-0.3, -0.25) is 4.79 Å². The molecule has 2 rings (SSSR count). The maximum absolute atomic E-state index is 12.4. The fourth-order valence-corrected chi connectivity index (χ4v) is 5.29. The Morgan fingerprint density at radius 2 is 2.09 bits per heavy atom. The second kappa shape index (κ2) is 7.22. The van der Waals surface area contributed by atoms with Crippen LogP contribution in [0.3, 0.4) is 0 Å². The van der Waals surface area contributed by atoms with E-state index in [0.717, 1.165) is 29.1 Å². The summed E-state index contributed by atoms with van der Waals surface area (Å²) in [5.74, 6) is -0.109. The number of rotatable bonds is 6. The van der Waals surface area contributed by atoms with E-state index in [1.165, 1.54) is 9.21 Å². The fourth-order valence-electron chi connectivity index (χ4n) is 2.27. The molecule has 0 N–H and O–H groups in total. The fraction of sp³-hybridized carbons (Fsp3) is 0.571. The average Bonchev–Trinajstić information content (AvgIpc) is 3.16. The molecule has 0 bridgehead atoms. The molecule has 1 aromatic rings. The Morgan fingerprint density at radius 1 is 1.41 bits per heavy atom. The van der Waals surface area contributed by atoms with Gasteiger partial charge in [0.15, 0.2) is 0 Å². The summed E-state index contributed by atoms with van der Waals surface area (Å²) in [6.07, 6.45) is 2.27. The van der Waals surface area contributed by atoms with Gasteiger partial charge in [-0.05, 0) is 25.0 Å². The Balaban J connectivity index is 2.02. The summed E-state index contributed by atoms with van der Waals surface area (Å²) in [4.78, 5) is 14.2. The largest absolute Gasteiger partial charge is 0.344 e. The summed E-state index contributed by atoms with van der Waals surface area (Å²) in [6, 6.07) is 5.27. The molecule has 0 spiro atoms. The number of carbonyl (C=O) groups excluding carboxylic acids is 1.